The summed E-state index contributed by atoms with van der Waals surface area (Å²) in [4.78, 5) is 15.4. The van der Waals surface area contributed by atoms with Crippen molar-refractivity contribution in [2.24, 2.45) is 5.73 Å². The molecule has 4 heteroatoms. The number of nitrogens with one attached hydrogen (secondary N) is 1. The zero-order valence-corrected chi connectivity index (χ0v) is 10.2. The van der Waals surface area contributed by atoms with E-state index < -0.39 is 0 Å². The number of aryl methyl sites for hydroxylation is 1. The van der Waals surface area contributed by atoms with Gasteiger partial charge in [0.05, 0.1) is 0 Å². The third-order valence-electron chi connectivity index (χ3n) is 3.45. The van der Waals surface area contributed by atoms with Gasteiger partial charge >= 0.3 is 4.87 Å². The third kappa shape index (κ3) is 1.83. The van der Waals surface area contributed by atoms with Crippen molar-refractivity contribution in [2.45, 2.75) is 24.8 Å². The van der Waals surface area contributed by atoms with Crippen LogP contribution in [0.25, 0.3) is 0 Å². The molecule has 0 aliphatic heterocycles. The highest BCUT2D eigenvalue weighted by Gasteiger charge is 2.33. The van der Waals surface area contributed by atoms with E-state index in [1.54, 1.807) is 0 Å². The van der Waals surface area contributed by atoms with Crippen LogP contribution in [0.15, 0.2) is 35.1 Å². The van der Waals surface area contributed by atoms with E-state index in [2.05, 4.69) is 17.1 Å². The lowest BCUT2D eigenvalue weighted by molar-refractivity contribution is 0.386. The molecule has 1 aliphatic carbocycles. The summed E-state index contributed by atoms with van der Waals surface area (Å²) in [6.45, 7) is 0. The van der Waals surface area contributed by atoms with E-state index in [4.69, 9.17) is 5.73 Å². The molecule has 17 heavy (non-hydrogen) atoms. The maximum atomic E-state index is 11.3. The van der Waals surface area contributed by atoms with Crippen LogP contribution >= 0.6 is 11.3 Å². The van der Waals surface area contributed by atoms with Gasteiger partial charge in [-0.3, -0.25) is 4.79 Å². The molecule has 0 saturated carbocycles. The molecule has 0 saturated heterocycles. The van der Waals surface area contributed by atoms with Gasteiger partial charge in [-0.15, -0.1) is 0 Å². The fourth-order valence-corrected chi connectivity index (χ4v) is 3.48. The highest BCUT2D eigenvalue weighted by atomic mass is 32.1. The van der Waals surface area contributed by atoms with Gasteiger partial charge in [0.1, 0.15) is 0 Å². The molecule has 0 amide bonds. The van der Waals surface area contributed by atoms with Crippen molar-refractivity contribution >= 4 is 11.3 Å². The Morgan fingerprint density at radius 2 is 2.06 bits per heavy atom. The van der Waals surface area contributed by atoms with Gasteiger partial charge < -0.3 is 10.7 Å². The average Bonchev–Trinajstić information content (AvgIpc) is 2.69. The van der Waals surface area contributed by atoms with Crippen LogP contribution in [-0.2, 0) is 18.4 Å². The summed E-state index contributed by atoms with van der Waals surface area (Å²) in [5.41, 5.74) is 8.41. The predicted octanol–water partition coefficient (Wildman–Crippen LogP) is 1.78. The number of hydrogen-bond donors (Lipinski definition) is 2. The van der Waals surface area contributed by atoms with Gasteiger partial charge in [-0.1, -0.05) is 41.7 Å². The molecule has 0 bridgehead atoms. The second kappa shape index (κ2) is 3.82. The smallest absolute Gasteiger partial charge is 0.304 e. The molecule has 1 heterocycles. The summed E-state index contributed by atoms with van der Waals surface area (Å²) in [6, 6.07) is 10.2. The third-order valence-corrected chi connectivity index (χ3v) is 4.38. The number of rotatable bonds is 1. The first-order valence-corrected chi connectivity index (χ1v) is 6.54. The lowest BCUT2D eigenvalue weighted by Crippen LogP contribution is -2.41. The van der Waals surface area contributed by atoms with E-state index in [1.165, 1.54) is 11.3 Å². The van der Waals surface area contributed by atoms with Gasteiger partial charge in [0.25, 0.3) is 0 Å². The number of aromatic nitrogens is 1. The van der Waals surface area contributed by atoms with Gasteiger partial charge in [0.15, 0.2) is 0 Å². The first-order valence-electron chi connectivity index (χ1n) is 5.73. The lowest BCUT2D eigenvalue weighted by Gasteiger charge is -2.33. The van der Waals surface area contributed by atoms with Crippen LogP contribution in [0.2, 0.25) is 0 Å². The normalized spacial score (nSPS) is 23.4. The molecule has 88 valence electrons. The van der Waals surface area contributed by atoms with Crippen LogP contribution in [0, 0.1) is 0 Å². The summed E-state index contributed by atoms with van der Waals surface area (Å²) in [7, 11) is 0. The van der Waals surface area contributed by atoms with Crippen LogP contribution in [0.5, 0.6) is 0 Å². The summed E-state index contributed by atoms with van der Waals surface area (Å²) in [5.74, 6) is 0. The maximum absolute atomic E-state index is 11.3. The molecule has 1 aromatic heterocycles. The van der Waals surface area contributed by atoms with Gasteiger partial charge in [0.2, 0.25) is 0 Å². The van der Waals surface area contributed by atoms with Crippen LogP contribution in [0.1, 0.15) is 22.6 Å². The molecule has 1 aromatic carbocycles. The second-order valence-electron chi connectivity index (χ2n) is 4.62. The molecular weight excluding hydrogens is 232 g/mol. The Labute approximate surface area is 103 Å². The molecule has 3 N–H and O–H groups in total. The summed E-state index contributed by atoms with van der Waals surface area (Å²) in [5, 5.41) is 0. The van der Waals surface area contributed by atoms with Crippen molar-refractivity contribution < 1.29 is 0 Å². The number of nitrogens with two attached hydrogens (primary N) is 1. The number of hydrogen-bond acceptors (Lipinski definition) is 3. The van der Waals surface area contributed by atoms with Crippen LogP contribution in [-0.4, -0.2) is 4.98 Å². The Balaban J connectivity index is 2.00. The minimum atomic E-state index is -0.320. The van der Waals surface area contributed by atoms with E-state index in [-0.39, 0.29) is 10.4 Å². The highest BCUT2D eigenvalue weighted by molar-refractivity contribution is 7.09. The lowest BCUT2D eigenvalue weighted by atomic mass is 9.79. The first kappa shape index (κ1) is 10.7. The number of thiazole rings is 1. The molecule has 0 radical (unpaired) electrons. The Morgan fingerprint density at radius 1 is 1.29 bits per heavy atom. The van der Waals surface area contributed by atoms with Crippen LogP contribution in [0.3, 0.4) is 0 Å². The highest BCUT2D eigenvalue weighted by Crippen LogP contribution is 2.34. The van der Waals surface area contributed by atoms with Gasteiger partial charge in [-0.25, -0.2) is 0 Å². The van der Waals surface area contributed by atoms with Crippen LogP contribution in [0.4, 0.5) is 0 Å². The van der Waals surface area contributed by atoms with E-state index in [0.717, 1.165) is 35.4 Å². The summed E-state index contributed by atoms with van der Waals surface area (Å²) >= 11 is 1.30. The summed E-state index contributed by atoms with van der Waals surface area (Å²) in [6.07, 6.45) is 2.51. The van der Waals surface area contributed by atoms with Crippen molar-refractivity contribution in [1.82, 2.24) is 4.98 Å². The summed E-state index contributed by atoms with van der Waals surface area (Å²) < 4.78 is 0. The molecule has 1 aliphatic rings. The zero-order valence-electron chi connectivity index (χ0n) is 9.40. The largest absolute Gasteiger partial charge is 0.321 e. The number of H-pyrrole nitrogens is 1. The molecule has 1 unspecified atom stereocenters. The average molecular weight is 246 g/mol. The van der Waals surface area contributed by atoms with E-state index >= 15 is 0 Å². The van der Waals surface area contributed by atoms with E-state index in [1.807, 2.05) is 18.2 Å². The quantitative estimate of drug-likeness (QED) is 0.805. The van der Waals surface area contributed by atoms with Crippen molar-refractivity contribution in [3.63, 3.8) is 0 Å². The first-order chi connectivity index (χ1) is 8.17. The number of benzene rings is 1. The van der Waals surface area contributed by atoms with E-state index in [0.29, 0.717) is 0 Å². The molecular formula is C13H14N2OS. The standard InChI is InChI=1S/C13H14N2OS/c14-13(9-4-2-1-3-5-9)7-6-10-11(8-13)17-12(16)15-10/h1-5H,6-8,14H2,(H,15,16). The minimum absolute atomic E-state index is 0.0345. The Kier molecular flexibility index (Phi) is 2.42. The van der Waals surface area contributed by atoms with Gasteiger partial charge in [0, 0.05) is 22.5 Å². The zero-order chi connectivity index (χ0) is 11.9. The SMILES string of the molecule is NC1(c2ccccc2)CCc2[nH]c(=O)sc2C1. The molecule has 1 atom stereocenters. The molecule has 3 rings (SSSR count). The number of aromatic amines is 1. The van der Waals surface area contributed by atoms with Crippen molar-refractivity contribution in [3.8, 4) is 0 Å². The second-order valence-corrected chi connectivity index (χ2v) is 5.68. The molecule has 0 fully saturated rings. The van der Waals surface area contributed by atoms with E-state index in [9.17, 15) is 4.79 Å². The Bertz CT molecular complexity index is 587. The van der Waals surface area contributed by atoms with Crippen molar-refractivity contribution in [2.75, 3.05) is 0 Å². The molecule has 2 aromatic rings. The fraction of sp³-hybridized carbons (Fsp3) is 0.308. The van der Waals surface area contributed by atoms with Crippen molar-refractivity contribution in [1.29, 1.82) is 0 Å². The fourth-order valence-electron chi connectivity index (χ4n) is 2.48. The Morgan fingerprint density at radius 3 is 2.82 bits per heavy atom. The monoisotopic (exact) mass is 246 g/mol. The molecule has 3 nitrogen and oxygen atoms in total. The predicted molar refractivity (Wildman–Crippen MR) is 69.3 cm³/mol. The molecule has 0 spiro atoms. The van der Waals surface area contributed by atoms with Crippen LogP contribution < -0.4 is 10.6 Å². The maximum Gasteiger partial charge on any atom is 0.304 e. The van der Waals surface area contributed by atoms with Gasteiger partial charge in [-0.05, 0) is 18.4 Å². The van der Waals surface area contributed by atoms with Gasteiger partial charge in [-0.2, -0.15) is 0 Å². The topological polar surface area (TPSA) is 58.9 Å². The van der Waals surface area contributed by atoms with Crippen molar-refractivity contribution in [3.05, 3.63) is 56.1 Å². The minimum Gasteiger partial charge on any atom is -0.321 e. The number of fused-ring (bicyclic) bond motifs is 1. The Hall–Kier alpha value is -1.39.